The number of nitrogens with two attached hydrogens (primary N) is 1. The molecule has 0 radical (unpaired) electrons. The fourth-order valence-corrected chi connectivity index (χ4v) is 2.46. The Bertz CT molecular complexity index is 576. The van der Waals surface area contributed by atoms with E-state index < -0.39 is 0 Å². The second kappa shape index (κ2) is 5.53. The molecule has 0 bridgehead atoms. The van der Waals surface area contributed by atoms with Gasteiger partial charge < -0.3 is 10.6 Å². The molecule has 0 aliphatic carbocycles. The molecule has 0 aliphatic rings. The van der Waals surface area contributed by atoms with Crippen LogP contribution in [0, 0.1) is 5.82 Å². The summed E-state index contributed by atoms with van der Waals surface area (Å²) in [5.74, 6) is -0.192. The van der Waals surface area contributed by atoms with Gasteiger partial charge in [-0.2, -0.15) is 0 Å². The lowest BCUT2D eigenvalue weighted by atomic mass is 9.84. The van der Waals surface area contributed by atoms with E-state index in [9.17, 15) is 4.39 Å². The Labute approximate surface area is 120 Å². The molecule has 3 heteroatoms. The highest BCUT2D eigenvalue weighted by Gasteiger charge is 2.23. The number of rotatable bonds is 4. The monoisotopic (exact) mass is 272 g/mol. The first-order valence-electron chi connectivity index (χ1n) is 6.72. The maximum atomic E-state index is 13.8. The fraction of sp³-hybridized carbons (Fsp3) is 0.294. The van der Waals surface area contributed by atoms with E-state index in [2.05, 4.69) is 13.8 Å². The van der Waals surface area contributed by atoms with Crippen LogP contribution in [0.15, 0.2) is 48.5 Å². The van der Waals surface area contributed by atoms with E-state index in [0.29, 0.717) is 5.69 Å². The van der Waals surface area contributed by atoms with Gasteiger partial charge in [0.1, 0.15) is 5.82 Å². The van der Waals surface area contributed by atoms with Gasteiger partial charge in [0, 0.05) is 24.7 Å². The van der Waals surface area contributed by atoms with E-state index in [-0.39, 0.29) is 11.2 Å². The van der Waals surface area contributed by atoms with E-state index in [4.69, 9.17) is 5.73 Å². The highest BCUT2D eigenvalue weighted by Crippen LogP contribution is 2.27. The topological polar surface area (TPSA) is 29.3 Å². The van der Waals surface area contributed by atoms with Crippen LogP contribution in [0.3, 0.4) is 0 Å². The van der Waals surface area contributed by atoms with Gasteiger partial charge >= 0.3 is 0 Å². The van der Waals surface area contributed by atoms with Gasteiger partial charge in [-0.25, -0.2) is 4.39 Å². The first-order chi connectivity index (χ1) is 9.40. The Balaban J connectivity index is 2.19. The van der Waals surface area contributed by atoms with Crippen molar-refractivity contribution in [2.45, 2.75) is 19.3 Å². The largest absolute Gasteiger partial charge is 0.399 e. The minimum absolute atomic E-state index is 0.0925. The quantitative estimate of drug-likeness (QED) is 0.857. The van der Waals surface area contributed by atoms with Crippen molar-refractivity contribution in [3.8, 4) is 0 Å². The Morgan fingerprint density at radius 2 is 1.65 bits per heavy atom. The summed E-state index contributed by atoms with van der Waals surface area (Å²) in [6.45, 7) is 5.02. The van der Waals surface area contributed by atoms with Crippen molar-refractivity contribution in [3.63, 3.8) is 0 Å². The first-order valence-corrected chi connectivity index (χ1v) is 6.72. The lowest BCUT2D eigenvalue weighted by Gasteiger charge is -2.32. The number of nitrogens with zero attached hydrogens (tertiary/aromatic N) is 1. The van der Waals surface area contributed by atoms with Crippen LogP contribution in [0.2, 0.25) is 0 Å². The Morgan fingerprint density at radius 1 is 1.05 bits per heavy atom. The standard InChI is InChI=1S/C17H21FN2/c1-17(2,13-8-10-14(19)11-9-13)12-20(3)16-7-5-4-6-15(16)18/h4-11H,12,19H2,1-3H3. The summed E-state index contributed by atoms with van der Waals surface area (Å²) < 4.78 is 13.8. The normalized spacial score (nSPS) is 11.4. The molecule has 0 heterocycles. The van der Waals surface area contributed by atoms with Crippen LogP contribution < -0.4 is 10.6 Å². The molecule has 0 amide bonds. The van der Waals surface area contributed by atoms with Crippen molar-refractivity contribution in [2.75, 3.05) is 24.2 Å². The van der Waals surface area contributed by atoms with Crippen LogP contribution in [0.5, 0.6) is 0 Å². The van der Waals surface area contributed by atoms with Gasteiger partial charge in [0.25, 0.3) is 0 Å². The number of hydrogen-bond donors (Lipinski definition) is 1. The summed E-state index contributed by atoms with van der Waals surface area (Å²) in [5, 5.41) is 0. The zero-order valence-electron chi connectivity index (χ0n) is 12.2. The smallest absolute Gasteiger partial charge is 0.146 e. The van der Waals surface area contributed by atoms with Crippen LogP contribution in [0.1, 0.15) is 19.4 Å². The summed E-state index contributed by atoms with van der Waals surface area (Å²) in [4.78, 5) is 1.95. The Kier molecular flexibility index (Phi) is 3.98. The van der Waals surface area contributed by atoms with Crippen molar-refractivity contribution in [2.24, 2.45) is 0 Å². The molecule has 0 unspecified atom stereocenters. The Morgan fingerprint density at radius 3 is 2.25 bits per heavy atom. The molecule has 0 aromatic heterocycles. The van der Waals surface area contributed by atoms with Gasteiger partial charge in [-0.05, 0) is 29.8 Å². The summed E-state index contributed by atoms with van der Waals surface area (Å²) >= 11 is 0. The number of hydrogen-bond acceptors (Lipinski definition) is 2. The lowest BCUT2D eigenvalue weighted by molar-refractivity contribution is 0.518. The maximum absolute atomic E-state index is 13.8. The molecule has 0 atom stereocenters. The highest BCUT2D eigenvalue weighted by molar-refractivity contribution is 5.48. The zero-order chi connectivity index (χ0) is 14.8. The number of para-hydroxylation sites is 1. The van der Waals surface area contributed by atoms with Gasteiger partial charge in [-0.15, -0.1) is 0 Å². The molecule has 20 heavy (non-hydrogen) atoms. The molecular formula is C17H21FN2. The summed E-state index contributed by atoms with van der Waals surface area (Å²) in [5.41, 5.74) is 8.20. The molecule has 2 rings (SSSR count). The molecule has 2 aromatic carbocycles. The minimum Gasteiger partial charge on any atom is -0.399 e. The SMILES string of the molecule is CN(CC(C)(C)c1ccc(N)cc1)c1ccccc1F. The average molecular weight is 272 g/mol. The molecule has 0 saturated heterocycles. The molecule has 0 aliphatic heterocycles. The average Bonchev–Trinajstić information content (AvgIpc) is 2.39. The highest BCUT2D eigenvalue weighted by atomic mass is 19.1. The number of anilines is 2. The molecule has 2 nitrogen and oxygen atoms in total. The van der Waals surface area contributed by atoms with Gasteiger partial charge in [0.2, 0.25) is 0 Å². The van der Waals surface area contributed by atoms with E-state index >= 15 is 0 Å². The van der Waals surface area contributed by atoms with Gasteiger partial charge in [0.05, 0.1) is 5.69 Å². The molecule has 2 aromatic rings. The third kappa shape index (κ3) is 3.10. The summed E-state index contributed by atoms with van der Waals surface area (Å²) in [6, 6.07) is 14.7. The summed E-state index contributed by atoms with van der Waals surface area (Å²) in [6.07, 6.45) is 0. The third-order valence-corrected chi connectivity index (χ3v) is 3.59. The number of likely N-dealkylation sites (N-methyl/N-ethyl adjacent to an activating group) is 1. The van der Waals surface area contributed by atoms with E-state index in [1.165, 1.54) is 11.6 Å². The van der Waals surface area contributed by atoms with Crippen LogP contribution in [-0.2, 0) is 5.41 Å². The second-order valence-electron chi connectivity index (χ2n) is 5.81. The minimum atomic E-state index is -0.192. The van der Waals surface area contributed by atoms with Gasteiger partial charge in [-0.3, -0.25) is 0 Å². The molecule has 0 spiro atoms. The van der Waals surface area contributed by atoms with E-state index in [1.807, 2.05) is 42.3 Å². The molecule has 0 saturated carbocycles. The number of nitrogen functional groups attached to an aromatic ring is 1. The molecule has 0 fully saturated rings. The van der Waals surface area contributed by atoms with Crippen LogP contribution in [0.4, 0.5) is 15.8 Å². The zero-order valence-corrected chi connectivity index (χ0v) is 12.2. The first kappa shape index (κ1) is 14.4. The van der Waals surface area contributed by atoms with Crippen LogP contribution >= 0.6 is 0 Å². The summed E-state index contributed by atoms with van der Waals surface area (Å²) in [7, 11) is 1.91. The third-order valence-electron chi connectivity index (χ3n) is 3.59. The second-order valence-corrected chi connectivity index (χ2v) is 5.81. The predicted octanol–water partition coefficient (Wildman–Crippen LogP) is 3.82. The molecule has 106 valence electrons. The number of benzene rings is 2. The van der Waals surface area contributed by atoms with Crippen molar-refractivity contribution in [3.05, 3.63) is 59.9 Å². The predicted molar refractivity (Wildman–Crippen MR) is 83.6 cm³/mol. The van der Waals surface area contributed by atoms with E-state index in [1.54, 1.807) is 12.1 Å². The van der Waals surface area contributed by atoms with Crippen molar-refractivity contribution in [1.29, 1.82) is 0 Å². The van der Waals surface area contributed by atoms with Gasteiger partial charge in [-0.1, -0.05) is 38.1 Å². The fourth-order valence-electron chi connectivity index (χ4n) is 2.46. The van der Waals surface area contributed by atoms with Crippen LogP contribution in [-0.4, -0.2) is 13.6 Å². The van der Waals surface area contributed by atoms with Crippen molar-refractivity contribution >= 4 is 11.4 Å². The maximum Gasteiger partial charge on any atom is 0.146 e. The van der Waals surface area contributed by atoms with Crippen molar-refractivity contribution in [1.82, 2.24) is 0 Å². The number of halogens is 1. The molecular weight excluding hydrogens is 251 g/mol. The lowest BCUT2D eigenvalue weighted by Crippen LogP contribution is -2.35. The molecule has 2 N–H and O–H groups in total. The van der Waals surface area contributed by atoms with Crippen molar-refractivity contribution < 1.29 is 4.39 Å². The Hall–Kier alpha value is -2.03. The van der Waals surface area contributed by atoms with Crippen LogP contribution in [0.25, 0.3) is 0 Å². The van der Waals surface area contributed by atoms with Gasteiger partial charge in [0.15, 0.2) is 0 Å². The van der Waals surface area contributed by atoms with E-state index in [0.717, 1.165) is 12.2 Å².